The first-order valence-electron chi connectivity index (χ1n) is 8.70. The van der Waals surface area contributed by atoms with E-state index in [2.05, 4.69) is 26.1 Å². The van der Waals surface area contributed by atoms with Gasteiger partial charge in [0.15, 0.2) is 5.79 Å². The van der Waals surface area contributed by atoms with E-state index < -0.39 is 0 Å². The molecule has 122 valence electrons. The Hall–Kier alpha value is -0.160. The summed E-state index contributed by atoms with van der Waals surface area (Å²) in [5.74, 6) is 0.258. The Morgan fingerprint density at radius 2 is 1.86 bits per heavy atom. The van der Waals surface area contributed by atoms with Crippen LogP contribution in [0.1, 0.15) is 65.7 Å². The Morgan fingerprint density at radius 1 is 1.10 bits per heavy atom. The summed E-state index contributed by atoms with van der Waals surface area (Å²) in [5, 5.41) is 3.64. The first kappa shape index (κ1) is 15.7. The highest BCUT2D eigenvalue weighted by Gasteiger charge is 2.45. The Morgan fingerprint density at radius 3 is 2.57 bits per heavy atom. The number of ether oxygens (including phenoxy) is 3. The van der Waals surface area contributed by atoms with Crippen molar-refractivity contribution in [2.24, 2.45) is 5.92 Å². The normalized spacial score (nSPS) is 38.7. The van der Waals surface area contributed by atoms with Crippen molar-refractivity contribution in [2.45, 2.75) is 89.4 Å². The number of hydrogen-bond donors (Lipinski definition) is 1. The standard InChI is InChI=1S/C17H31NO3/c1-13-12-16(2,3)18-15(21-13)8-7-14-6-4-5-9-17(14)19-10-11-20-17/h13-15,18H,4-12H2,1-3H3. The van der Waals surface area contributed by atoms with E-state index >= 15 is 0 Å². The summed E-state index contributed by atoms with van der Waals surface area (Å²) in [6, 6.07) is 0. The average molecular weight is 297 g/mol. The van der Waals surface area contributed by atoms with E-state index in [1.165, 1.54) is 19.3 Å². The molecule has 1 aliphatic carbocycles. The third kappa shape index (κ3) is 3.61. The van der Waals surface area contributed by atoms with Gasteiger partial charge in [0.2, 0.25) is 0 Å². The molecule has 1 N–H and O–H groups in total. The second-order valence-corrected chi connectivity index (χ2v) is 7.70. The molecule has 0 aromatic carbocycles. The zero-order chi connectivity index (χ0) is 14.9. The van der Waals surface area contributed by atoms with Gasteiger partial charge in [-0.15, -0.1) is 0 Å². The summed E-state index contributed by atoms with van der Waals surface area (Å²) in [4.78, 5) is 0. The van der Waals surface area contributed by atoms with E-state index in [1.54, 1.807) is 0 Å². The second-order valence-electron chi connectivity index (χ2n) is 7.70. The molecule has 3 atom stereocenters. The second kappa shape index (κ2) is 6.15. The van der Waals surface area contributed by atoms with Crippen LogP contribution in [0.3, 0.4) is 0 Å². The summed E-state index contributed by atoms with van der Waals surface area (Å²) in [5.41, 5.74) is 0.174. The van der Waals surface area contributed by atoms with Crippen molar-refractivity contribution in [1.29, 1.82) is 0 Å². The van der Waals surface area contributed by atoms with Crippen molar-refractivity contribution >= 4 is 0 Å². The van der Waals surface area contributed by atoms with Gasteiger partial charge in [0, 0.05) is 17.9 Å². The lowest BCUT2D eigenvalue weighted by atomic mass is 9.80. The van der Waals surface area contributed by atoms with Gasteiger partial charge < -0.3 is 14.2 Å². The van der Waals surface area contributed by atoms with Crippen LogP contribution in [-0.4, -0.2) is 36.9 Å². The van der Waals surface area contributed by atoms with Crippen molar-refractivity contribution < 1.29 is 14.2 Å². The smallest absolute Gasteiger partial charge is 0.171 e. The van der Waals surface area contributed by atoms with Crippen molar-refractivity contribution in [3.05, 3.63) is 0 Å². The first-order valence-corrected chi connectivity index (χ1v) is 8.70. The molecule has 3 aliphatic rings. The monoisotopic (exact) mass is 297 g/mol. The minimum atomic E-state index is -0.270. The number of rotatable bonds is 3. The summed E-state index contributed by atoms with van der Waals surface area (Å²) < 4.78 is 18.1. The first-order chi connectivity index (χ1) is 9.99. The van der Waals surface area contributed by atoms with Gasteiger partial charge in [-0.3, -0.25) is 5.32 Å². The number of hydrogen-bond acceptors (Lipinski definition) is 4. The van der Waals surface area contributed by atoms with Gasteiger partial charge in [0.1, 0.15) is 6.23 Å². The van der Waals surface area contributed by atoms with Crippen LogP contribution in [0.2, 0.25) is 0 Å². The van der Waals surface area contributed by atoms with Crippen LogP contribution in [0, 0.1) is 5.92 Å². The quantitative estimate of drug-likeness (QED) is 0.868. The fraction of sp³-hybridized carbons (Fsp3) is 1.00. The molecular formula is C17H31NO3. The number of nitrogens with one attached hydrogen (secondary N) is 1. The van der Waals surface area contributed by atoms with Gasteiger partial charge in [-0.05, 0) is 52.9 Å². The average Bonchev–Trinajstić information content (AvgIpc) is 2.85. The van der Waals surface area contributed by atoms with Crippen LogP contribution in [0.25, 0.3) is 0 Å². The minimum Gasteiger partial charge on any atom is -0.360 e. The summed E-state index contributed by atoms with van der Waals surface area (Å²) in [6.07, 6.45) is 8.59. The molecule has 1 spiro atoms. The molecule has 4 heteroatoms. The van der Waals surface area contributed by atoms with E-state index in [0.29, 0.717) is 12.0 Å². The fourth-order valence-corrected chi connectivity index (χ4v) is 4.47. The zero-order valence-electron chi connectivity index (χ0n) is 13.8. The molecule has 0 aromatic heterocycles. The van der Waals surface area contributed by atoms with Gasteiger partial charge in [-0.2, -0.15) is 0 Å². The van der Waals surface area contributed by atoms with E-state index in [1.807, 2.05) is 0 Å². The van der Waals surface area contributed by atoms with E-state index in [9.17, 15) is 0 Å². The SMILES string of the molecule is CC1CC(C)(C)NC(CCC2CCCCC23OCCO3)O1. The fourth-order valence-electron chi connectivity index (χ4n) is 4.47. The lowest BCUT2D eigenvalue weighted by molar-refractivity contribution is -0.216. The molecule has 21 heavy (non-hydrogen) atoms. The molecule has 2 saturated heterocycles. The van der Waals surface area contributed by atoms with Crippen LogP contribution in [0.15, 0.2) is 0 Å². The summed E-state index contributed by atoms with van der Waals surface area (Å²) in [6.45, 7) is 8.24. The molecule has 0 bridgehead atoms. The third-order valence-corrected chi connectivity index (χ3v) is 5.25. The van der Waals surface area contributed by atoms with Crippen LogP contribution in [0.4, 0.5) is 0 Å². The van der Waals surface area contributed by atoms with Crippen LogP contribution < -0.4 is 5.32 Å². The minimum absolute atomic E-state index is 0.170. The highest BCUT2D eigenvalue weighted by Crippen LogP contribution is 2.43. The van der Waals surface area contributed by atoms with Gasteiger partial charge in [0.05, 0.1) is 19.3 Å². The predicted octanol–water partition coefficient (Wildman–Crippen LogP) is 3.20. The molecule has 2 aliphatic heterocycles. The largest absolute Gasteiger partial charge is 0.360 e. The van der Waals surface area contributed by atoms with Crippen molar-refractivity contribution in [3.8, 4) is 0 Å². The summed E-state index contributed by atoms with van der Waals surface area (Å²) in [7, 11) is 0. The summed E-state index contributed by atoms with van der Waals surface area (Å²) >= 11 is 0. The van der Waals surface area contributed by atoms with Crippen molar-refractivity contribution in [1.82, 2.24) is 5.32 Å². The van der Waals surface area contributed by atoms with E-state index in [0.717, 1.165) is 38.9 Å². The highest BCUT2D eigenvalue weighted by molar-refractivity contribution is 4.89. The maximum Gasteiger partial charge on any atom is 0.171 e. The molecular weight excluding hydrogens is 266 g/mol. The van der Waals surface area contributed by atoms with Gasteiger partial charge in [-0.25, -0.2) is 0 Å². The molecule has 0 amide bonds. The predicted molar refractivity (Wildman–Crippen MR) is 82.0 cm³/mol. The van der Waals surface area contributed by atoms with Crippen LogP contribution >= 0.6 is 0 Å². The van der Waals surface area contributed by atoms with Crippen LogP contribution in [-0.2, 0) is 14.2 Å². The van der Waals surface area contributed by atoms with Crippen molar-refractivity contribution in [2.75, 3.05) is 13.2 Å². The van der Waals surface area contributed by atoms with Gasteiger partial charge in [-0.1, -0.05) is 6.42 Å². The molecule has 3 fully saturated rings. The Balaban J connectivity index is 1.56. The molecule has 4 nitrogen and oxygen atoms in total. The Bertz CT molecular complexity index is 352. The molecule has 1 saturated carbocycles. The molecule has 2 heterocycles. The maximum absolute atomic E-state index is 6.07. The molecule has 3 rings (SSSR count). The van der Waals surface area contributed by atoms with E-state index in [-0.39, 0.29) is 17.6 Å². The van der Waals surface area contributed by atoms with Crippen LogP contribution in [0.5, 0.6) is 0 Å². The molecule has 0 aromatic rings. The Kier molecular flexibility index (Phi) is 4.60. The van der Waals surface area contributed by atoms with Crippen molar-refractivity contribution in [3.63, 3.8) is 0 Å². The van der Waals surface area contributed by atoms with E-state index in [4.69, 9.17) is 14.2 Å². The molecule has 0 radical (unpaired) electrons. The third-order valence-electron chi connectivity index (χ3n) is 5.25. The lowest BCUT2D eigenvalue weighted by Gasteiger charge is -2.43. The Labute approximate surface area is 128 Å². The highest BCUT2D eigenvalue weighted by atomic mass is 16.7. The molecule has 3 unspecified atom stereocenters. The van der Waals surface area contributed by atoms with Gasteiger partial charge in [0.25, 0.3) is 0 Å². The maximum atomic E-state index is 6.07. The lowest BCUT2D eigenvalue weighted by Crippen LogP contribution is -2.55. The topological polar surface area (TPSA) is 39.7 Å². The van der Waals surface area contributed by atoms with Gasteiger partial charge >= 0.3 is 0 Å². The zero-order valence-corrected chi connectivity index (χ0v) is 13.8.